The first-order valence-electron chi connectivity index (χ1n) is 6.48. The lowest BCUT2D eigenvalue weighted by molar-refractivity contribution is 0.0525. The van der Waals surface area contributed by atoms with Crippen molar-refractivity contribution >= 4 is 5.97 Å². The zero-order valence-corrected chi connectivity index (χ0v) is 12.4. The van der Waals surface area contributed by atoms with Gasteiger partial charge >= 0.3 is 5.97 Å². The second-order valence-electron chi connectivity index (χ2n) is 4.25. The molecule has 0 atom stereocenters. The molecule has 0 fully saturated rings. The van der Waals surface area contributed by atoms with Gasteiger partial charge in [-0.05, 0) is 32.0 Å². The maximum Gasteiger partial charge on any atom is 0.344 e. The molecule has 1 aromatic carbocycles. The number of aromatic nitrogens is 1. The minimum absolute atomic E-state index is 0.287. The molecule has 0 saturated heterocycles. The SMILES string of the molecule is CCOC(=O)c1c(-c2ccc(OC)c(OC)c2)noc1C. The molecule has 0 unspecified atom stereocenters. The molecule has 0 radical (unpaired) electrons. The van der Waals surface area contributed by atoms with Crippen molar-refractivity contribution in [1.29, 1.82) is 0 Å². The Morgan fingerprint density at radius 3 is 2.57 bits per heavy atom. The van der Waals surface area contributed by atoms with Crippen LogP contribution >= 0.6 is 0 Å². The van der Waals surface area contributed by atoms with Crippen molar-refractivity contribution in [3.05, 3.63) is 29.5 Å². The summed E-state index contributed by atoms with van der Waals surface area (Å²) in [6.45, 7) is 3.70. The van der Waals surface area contributed by atoms with Gasteiger partial charge in [-0.15, -0.1) is 0 Å². The normalized spacial score (nSPS) is 10.3. The van der Waals surface area contributed by atoms with Crippen LogP contribution in [0, 0.1) is 6.92 Å². The maximum atomic E-state index is 12.0. The number of carbonyl (C=O) groups is 1. The number of rotatable bonds is 5. The highest BCUT2D eigenvalue weighted by molar-refractivity contribution is 5.97. The van der Waals surface area contributed by atoms with Crippen LogP contribution in [0.2, 0.25) is 0 Å². The van der Waals surface area contributed by atoms with Gasteiger partial charge in [0.15, 0.2) is 11.5 Å². The molecule has 112 valence electrons. The van der Waals surface area contributed by atoms with Gasteiger partial charge in [0.2, 0.25) is 0 Å². The van der Waals surface area contributed by atoms with E-state index in [9.17, 15) is 4.79 Å². The first-order chi connectivity index (χ1) is 10.1. The first-order valence-corrected chi connectivity index (χ1v) is 6.48. The summed E-state index contributed by atoms with van der Waals surface area (Å²) in [4.78, 5) is 12.0. The Morgan fingerprint density at radius 1 is 1.24 bits per heavy atom. The first kappa shape index (κ1) is 14.9. The van der Waals surface area contributed by atoms with E-state index < -0.39 is 5.97 Å². The highest BCUT2D eigenvalue weighted by Gasteiger charge is 2.23. The molecule has 1 heterocycles. The van der Waals surface area contributed by atoms with Crippen molar-refractivity contribution in [2.75, 3.05) is 20.8 Å². The number of benzene rings is 1. The predicted molar refractivity (Wildman–Crippen MR) is 75.7 cm³/mol. The molecule has 2 aromatic rings. The van der Waals surface area contributed by atoms with E-state index in [4.69, 9.17) is 18.7 Å². The molecule has 0 aliphatic carbocycles. The summed E-state index contributed by atoms with van der Waals surface area (Å²) < 4.78 is 20.6. The lowest BCUT2D eigenvalue weighted by atomic mass is 10.1. The summed E-state index contributed by atoms with van der Waals surface area (Å²) in [5, 5.41) is 3.95. The van der Waals surface area contributed by atoms with Gasteiger partial charge in [-0.2, -0.15) is 0 Å². The number of ether oxygens (including phenoxy) is 3. The number of hydrogen-bond donors (Lipinski definition) is 0. The van der Waals surface area contributed by atoms with Crippen LogP contribution in [0.3, 0.4) is 0 Å². The van der Waals surface area contributed by atoms with Gasteiger partial charge in [-0.3, -0.25) is 0 Å². The van der Waals surface area contributed by atoms with Gasteiger partial charge in [0.1, 0.15) is 17.0 Å². The molecular weight excluding hydrogens is 274 g/mol. The van der Waals surface area contributed by atoms with E-state index in [1.54, 1.807) is 46.3 Å². The molecule has 0 N–H and O–H groups in total. The second-order valence-corrected chi connectivity index (χ2v) is 4.25. The number of carbonyl (C=O) groups excluding carboxylic acids is 1. The quantitative estimate of drug-likeness (QED) is 0.789. The van der Waals surface area contributed by atoms with Crippen LogP contribution in [0.1, 0.15) is 23.0 Å². The molecular formula is C15H17NO5. The molecule has 0 bridgehead atoms. The van der Waals surface area contributed by atoms with Crippen molar-refractivity contribution in [2.24, 2.45) is 0 Å². The van der Waals surface area contributed by atoms with E-state index in [-0.39, 0.29) is 6.61 Å². The van der Waals surface area contributed by atoms with Crippen molar-refractivity contribution in [2.45, 2.75) is 13.8 Å². The monoisotopic (exact) mass is 291 g/mol. The average Bonchev–Trinajstić information content (AvgIpc) is 2.88. The molecule has 6 nitrogen and oxygen atoms in total. The summed E-state index contributed by atoms with van der Waals surface area (Å²) in [5.74, 6) is 1.10. The van der Waals surface area contributed by atoms with E-state index in [0.717, 1.165) is 0 Å². The molecule has 1 aromatic heterocycles. The van der Waals surface area contributed by atoms with Crippen LogP contribution in [0.15, 0.2) is 22.7 Å². The van der Waals surface area contributed by atoms with Gasteiger partial charge in [-0.25, -0.2) is 4.79 Å². The smallest absolute Gasteiger partial charge is 0.344 e. The molecule has 6 heteroatoms. The zero-order chi connectivity index (χ0) is 15.4. The van der Waals surface area contributed by atoms with Crippen LogP contribution < -0.4 is 9.47 Å². The van der Waals surface area contributed by atoms with Crippen LogP contribution in [0.25, 0.3) is 11.3 Å². The summed E-state index contributed by atoms with van der Waals surface area (Å²) in [6.07, 6.45) is 0. The van der Waals surface area contributed by atoms with E-state index in [1.807, 2.05) is 0 Å². The number of hydrogen-bond acceptors (Lipinski definition) is 6. The van der Waals surface area contributed by atoms with Crippen LogP contribution in [-0.2, 0) is 4.74 Å². The third kappa shape index (κ3) is 2.84. The zero-order valence-electron chi connectivity index (χ0n) is 12.4. The minimum atomic E-state index is -0.457. The Labute approximate surface area is 122 Å². The molecule has 0 aliphatic heterocycles. The van der Waals surface area contributed by atoms with Gasteiger partial charge in [-0.1, -0.05) is 5.16 Å². The molecule has 21 heavy (non-hydrogen) atoms. The van der Waals surface area contributed by atoms with Crippen molar-refractivity contribution in [3.8, 4) is 22.8 Å². The topological polar surface area (TPSA) is 70.8 Å². The fourth-order valence-electron chi connectivity index (χ4n) is 2.00. The van der Waals surface area contributed by atoms with E-state index >= 15 is 0 Å². The molecule has 0 aliphatic rings. The Balaban J connectivity index is 2.50. The number of aryl methyl sites for hydroxylation is 1. The van der Waals surface area contributed by atoms with Crippen LogP contribution in [0.4, 0.5) is 0 Å². The van der Waals surface area contributed by atoms with Crippen molar-refractivity contribution in [1.82, 2.24) is 5.16 Å². The third-order valence-corrected chi connectivity index (χ3v) is 3.00. The summed E-state index contributed by atoms with van der Waals surface area (Å²) >= 11 is 0. The van der Waals surface area contributed by atoms with Crippen molar-refractivity contribution in [3.63, 3.8) is 0 Å². The fourth-order valence-corrected chi connectivity index (χ4v) is 2.00. The number of methoxy groups -OCH3 is 2. The average molecular weight is 291 g/mol. The molecule has 0 saturated carbocycles. The maximum absolute atomic E-state index is 12.0. The highest BCUT2D eigenvalue weighted by atomic mass is 16.5. The van der Waals surface area contributed by atoms with Gasteiger partial charge in [0.05, 0.1) is 20.8 Å². The van der Waals surface area contributed by atoms with E-state index in [0.29, 0.717) is 34.1 Å². The van der Waals surface area contributed by atoms with Gasteiger partial charge in [0, 0.05) is 5.56 Å². The lowest BCUT2D eigenvalue weighted by Gasteiger charge is -2.09. The Morgan fingerprint density at radius 2 is 1.95 bits per heavy atom. The van der Waals surface area contributed by atoms with Gasteiger partial charge in [0.25, 0.3) is 0 Å². The number of esters is 1. The summed E-state index contributed by atoms with van der Waals surface area (Å²) in [5.41, 5.74) is 1.43. The summed E-state index contributed by atoms with van der Waals surface area (Å²) in [7, 11) is 3.10. The Hall–Kier alpha value is -2.50. The largest absolute Gasteiger partial charge is 0.493 e. The molecule has 0 spiro atoms. The summed E-state index contributed by atoms with van der Waals surface area (Å²) in [6, 6.07) is 5.26. The minimum Gasteiger partial charge on any atom is -0.493 e. The third-order valence-electron chi connectivity index (χ3n) is 3.00. The van der Waals surface area contributed by atoms with E-state index in [2.05, 4.69) is 5.16 Å². The predicted octanol–water partition coefficient (Wildman–Crippen LogP) is 2.84. The number of nitrogens with zero attached hydrogens (tertiary/aromatic N) is 1. The second kappa shape index (κ2) is 6.30. The highest BCUT2D eigenvalue weighted by Crippen LogP contribution is 2.34. The van der Waals surface area contributed by atoms with Crippen LogP contribution in [0.5, 0.6) is 11.5 Å². The van der Waals surface area contributed by atoms with Crippen molar-refractivity contribution < 1.29 is 23.5 Å². The molecule has 0 amide bonds. The standard InChI is InChI=1S/C15H17NO5/c1-5-20-15(17)13-9(2)21-16-14(13)10-6-7-11(18-3)12(8-10)19-4/h6-8H,5H2,1-4H3. The van der Waals surface area contributed by atoms with Crippen LogP contribution in [-0.4, -0.2) is 32.0 Å². The Kier molecular flexibility index (Phi) is 4.47. The van der Waals surface area contributed by atoms with Gasteiger partial charge < -0.3 is 18.7 Å². The Bertz CT molecular complexity index is 648. The lowest BCUT2D eigenvalue weighted by Crippen LogP contribution is -2.06. The van der Waals surface area contributed by atoms with E-state index in [1.165, 1.54) is 0 Å². The fraction of sp³-hybridized carbons (Fsp3) is 0.333. The molecule has 2 rings (SSSR count).